The summed E-state index contributed by atoms with van der Waals surface area (Å²) in [4.78, 5) is 15.3. The van der Waals surface area contributed by atoms with E-state index in [2.05, 4.69) is 11.0 Å². The molecule has 0 radical (unpaired) electrons. The molecule has 1 aliphatic rings. The summed E-state index contributed by atoms with van der Waals surface area (Å²) in [5.74, 6) is -1.02. The first kappa shape index (κ1) is 22.1. The third-order valence-corrected chi connectivity index (χ3v) is 6.03. The predicted octanol–water partition coefficient (Wildman–Crippen LogP) is 3.42. The molecular weight excluding hydrogens is 402 g/mol. The zero-order valence-electron chi connectivity index (χ0n) is 17.0. The second-order valence-corrected chi connectivity index (χ2v) is 8.36. The van der Waals surface area contributed by atoms with Gasteiger partial charge in [0, 0.05) is 33.2 Å². The van der Waals surface area contributed by atoms with E-state index in [1.807, 2.05) is 36.2 Å². The lowest BCUT2D eigenvalue weighted by molar-refractivity contribution is -0.0137. The molecule has 0 bridgehead atoms. The summed E-state index contributed by atoms with van der Waals surface area (Å²) in [5.41, 5.74) is 1.91. The van der Waals surface area contributed by atoms with Crippen molar-refractivity contribution < 1.29 is 15.0 Å². The van der Waals surface area contributed by atoms with Crippen LogP contribution in [-0.2, 0) is 6.42 Å². The Morgan fingerprint density at radius 2 is 1.90 bits per heavy atom. The molecule has 1 fully saturated rings. The van der Waals surface area contributed by atoms with Crippen molar-refractivity contribution in [3.63, 3.8) is 0 Å². The quantitative estimate of drug-likeness (QED) is 0.704. The number of likely N-dealkylation sites (tertiary alicyclic amines) is 1. The molecule has 2 aromatic carbocycles. The molecule has 30 heavy (non-hydrogen) atoms. The Bertz CT molecular complexity index is 932. The van der Waals surface area contributed by atoms with Crippen molar-refractivity contribution in [1.82, 2.24) is 4.90 Å². The lowest BCUT2D eigenvalue weighted by atomic mass is 9.90. The smallest absolute Gasteiger partial charge is 0.335 e. The van der Waals surface area contributed by atoms with Gasteiger partial charge in [-0.25, -0.2) is 4.79 Å². The van der Waals surface area contributed by atoms with Gasteiger partial charge in [-0.05, 0) is 55.2 Å². The minimum Gasteiger partial charge on any atom is -0.478 e. The maximum absolute atomic E-state index is 11.1. The molecule has 0 atom stereocenters. The molecule has 158 valence electrons. The van der Waals surface area contributed by atoms with E-state index in [0.717, 1.165) is 26.1 Å². The normalized spacial score (nSPS) is 16.1. The van der Waals surface area contributed by atoms with E-state index < -0.39 is 11.6 Å². The van der Waals surface area contributed by atoms with Gasteiger partial charge in [0.25, 0.3) is 0 Å². The molecular formula is C23H26ClN3O3. The van der Waals surface area contributed by atoms with Crippen LogP contribution in [0.4, 0.5) is 5.69 Å². The second kappa shape index (κ2) is 9.48. The second-order valence-electron chi connectivity index (χ2n) is 7.95. The fourth-order valence-electron chi connectivity index (χ4n) is 3.86. The van der Waals surface area contributed by atoms with Gasteiger partial charge < -0.3 is 20.0 Å². The zero-order valence-corrected chi connectivity index (χ0v) is 17.8. The standard InChI is InChI=1S/C23H26ClN3O3/c1-26(21-7-6-19(22(28)29)14-20(21)24)16-23(30)9-12-27(13-10-23)11-8-17-2-4-18(15-25)5-3-17/h2-7,14,30H,8-13,16H2,1H3,(H,28,29). The van der Waals surface area contributed by atoms with E-state index in [1.54, 1.807) is 6.07 Å². The van der Waals surface area contributed by atoms with Crippen molar-refractivity contribution in [3.8, 4) is 6.07 Å². The molecule has 0 spiro atoms. The molecule has 0 aromatic heterocycles. The third kappa shape index (κ3) is 5.51. The lowest BCUT2D eigenvalue weighted by Crippen LogP contribution is -2.50. The van der Waals surface area contributed by atoms with Crippen LogP contribution in [0, 0.1) is 11.3 Å². The molecule has 1 heterocycles. The van der Waals surface area contributed by atoms with Crippen LogP contribution < -0.4 is 4.90 Å². The minimum atomic E-state index is -1.02. The van der Waals surface area contributed by atoms with Crippen LogP contribution in [0.2, 0.25) is 5.02 Å². The first-order chi connectivity index (χ1) is 14.3. The first-order valence-electron chi connectivity index (χ1n) is 9.97. The van der Waals surface area contributed by atoms with Gasteiger partial charge in [0.1, 0.15) is 0 Å². The summed E-state index contributed by atoms with van der Waals surface area (Å²) < 4.78 is 0. The van der Waals surface area contributed by atoms with Crippen LogP contribution in [0.1, 0.15) is 34.3 Å². The summed E-state index contributed by atoms with van der Waals surface area (Å²) in [6.07, 6.45) is 2.24. The van der Waals surface area contributed by atoms with Gasteiger partial charge in [-0.15, -0.1) is 0 Å². The van der Waals surface area contributed by atoms with Crippen LogP contribution in [-0.4, -0.2) is 59.9 Å². The number of carbonyl (C=O) groups is 1. The number of nitrogens with zero attached hydrogens (tertiary/aromatic N) is 3. The number of halogens is 1. The molecule has 2 aromatic rings. The maximum Gasteiger partial charge on any atom is 0.335 e. The van der Waals surface area contributed by atoms with Crippen molar-refractivity contribution in [2.75, 3.05) is 38.1 Å². The molecule has 0 amide bonds. The Labute approximate surface area is 181 Å². The molecule has 7 heteroatoms. The highest BCUT2D eigenvalue weighted by molar-refractivity contribution is 6.33. The summed E-state index contributed by atoms with van der Waals surface area (Å²) in [6, 6.07) is 14.4. The van der Waals surface area contributed by atoms with E-state index >= 15 is 0 Å². The molecule has 0 saturated carbocycles. The van der Waals surface area contributed by atoms with Crippen LogP contribution in [0.5, 0.6) is 0 Å². The summed E-state index contributed by atoms with van der Waals surface area (Å²) in [6.45, 7) is 2.97. The number of aliphatic hydroxyl groups is 1. The van der Waals surface area contributed by atoms with Gasteiger partial charge in [-0.1, -0.05) is 23.7 Å². The minimum absolute atomic E-state index is 0.145. The largest absolute Gasteiger partial charge is 0.478 e. The lowest BCUT2D eigenvalue weighted by Gasteiger charge is -2.40. The number of carboxylic acids is 1. The number of carboxylic acid groups (broad SMARTS) is 1. The van der Waals surface area contributed by atoms with Crippen molar-refractivity contribution in [1.29, 1.82) is 5.26 Å². The van der Waals surface area contributed by atoms with Gasteiger partial charge in [0.15, 0.2) is 0 Å². The van der Waals surface area contributed by atoms with E-state index in [4.69, 9.17) is 22.0 Å². The Hall–Kier alpha value is -2.59. The number of rotatable bonds is 7. The summed E-state index contributed by atoms with van der Waals surface area (Å²) in [7, 11) is 1.86. The fourth-order valence-corrected chi connectivity index (χ4v) is 4.19. The van der Waals surface area contributed by atoms with Crippen molar-refractivity contribution in [2.45, 2.75) is 24.9 Å². The highest BCUT2D eigenvalue weighted by atomic mass is 35.5. The number of nitriles is 1. The number of hydrogen-bond acceptors (Lipinski definition) is 5. The van der Waals surface area contributed by atoms with E-state index in [-0.39, 0.29) is 5.56 Å². The Morgan fingerprint density at radius 1 is 1.23 bits per heavy atom. The Kier molecular flexibility index (Phi) is 6.99. The van der Waals surface area contributed by atoms with Gasteiger partial charge in [-0.3, -0.25) is 0 Å². The van der Waals surface area contributed by atoms with Crippen LogP contribution in [0.25, 0.3) is 0 Å². The van der Waals surface area contributed by atoms with Crippen molar-refractivity contribution in [3.05, 3.63) is 64.2 Å². The van der Waals surface area contributed by atoms with E-state index in [9.17, 15) is 9.90 Å². The molecule has 0 aliphatic carbocycles. The topological polar surface area (TPSA) is 87.8 Å². The van der Waals surface area contributed by atoms with E-state index in [1.165, 1.54) is 17.7 Å². The van der Waals surface area contributed by atoms with Gasteiger partial charge in [-0.2, -0.15) is 5.26 Å². The average molecular weight is 428 g/mol. The van der Waals surface area contributed by atoms with Crippen molar-refractivity contribution >= 4 is 23.3 Å². The summed E-state index contributed by atoms with van der Waals surface area (Å²) in [5, 5.41) is 29.4. The monoisotopic (exact) mass is 427 g/mol. The zero-order chi connectivity index (χ0) is 21.7. The third-order valence-electron chi connectivity index (χ3n) is 5.72. The maximum atomic E-state index is 11.1. The molecule has 3 rings (SSSR count). The Balaban J connectivity index is 1.51. The molecule has 0 unspecified atom stereocenters. The molecule has 1 saturated heterocycles. The highest BCUT2D eigenvalue weighted by Crippen LogP contribution is 2.30. The molecule has 1 aliphatic heterocycles. The average Bonchev–Trinajstić information content (AvgIpc) is 2.73. The van der Waals surface area contributed by atoms with Gasteiger partial charge in [0.2, 0.25) is 0 Å². The number of benzene rings is 2. The Morgan fingerprint density at radius 3 is 2.47 bits per heavy atom. The number of hydrogen-bond donors (Lipinski definition) is 2. The van der Waals surface area contributed by atoms with Crippen molar-refractivity contribution in [2.24, 2.45) is 0 Å². The van der Waals surface area contributed by atoms with Crippen LogP contribution in [0.15, 0.2) is 42.5 Å². The van der Waals surface area contributed by atoms with Crippen LogP contribution >= 0.6 is 11.6 Å². The number of likely N-dealkylation sites (N-methyl/N-ethyl adjacent to an activating group) is 1. The number of piperidine rings is 1. The van der Waals surface area contributed by atoms with Gasteiger partial charge in [0.05, 0.1) is 33.5 Å². The van der Waals surface area contributed by atoms with Crippen LogP contribution in [0.3, 0.4) is 0 Å². The number of anilines is 1. The molecule has 6 nitrogen and oxygen atoms in total. The predicted molar refractivity (Wildman–Crippen MR) is 117 cm³/mol. The number of aromatic carboxylic acids is 1. The fraction of sp³-hybridized carbons (Fsp3) is 0.391. The SMILES string of the molecule is CN(CC1(O)CCN(CCc2ccc(C#N)cc2)CC1)c1ccc(C(=O)O)cc1Cl. The first-order valence-corrected chi connectivity index (χ1v) is 10.4. The van der Waals surface area contributed by atoms with E-state index in [0.29, 0.717) is 35.7 Å². The molecule has 2 N–H and O–H groups in total. The summed E-state index contributed by atoms with van der Waals surface area (Å²) >= 11 is 6.26. The van der Waals surface area contributed by atoms with Gasteiger partial charge >= 0.3 is 5.97 Å². The highest BCUT2D eigenvalue weighted by Gasteiger charge is 2.33.